The van der Waals surface area contributed by atoms with E-state index >= 15 is 0 Å². The first-order valence-electron chi connectivity index (χ1n) is 6.20. The lowest BCUT2D eigenvalue weighted by Crippen LogP contribution is -2.50. The Labute approximate surface area is 108 Å². The number of amides is 1. The molecule has 2 unspecified atom stereocenters. The molecule has 5 heteroatoms. The number of hydrogen-bond donors (Lipinski definition) is 0. The summed E-state index contributed by atoms with van der Waals surface area (Å²) in [5, 5.41) is 0. The van der Waals surface area contributed by atoms with E-state index in [0.29, 0.717) is 18.0 Å². The zero-order valence-corrected chi connectivity index (χ0v) is 11.5. The molecule has 0 N–H and O–H groups in total. The number of rotatable bonds is 2. The van der Waals surface area contributed by atoms with Crippen LogP contribution in [-0.2, 0) is 4.74 Å². The number of carbonyl (C=O) groups is 1. The van der Waals surface area contributed by atoms with E-state index in [2.05, 4.69) is 4.90 Å². The van der Waals surface area contributed by atoms with Crippen LogP contribution in [0.5, 0.6) is 0 Å². The number of carbonyl (C=O) groups excluding carboxylic acids is 1. The summed E-state index contributed by atoms with van der Waals surface area (Å²) in [6, 6.07) is 0.796. The van der Waals surface area contributed by atoms with E-state index in [-0.39, 0.29) is 6.09 Å². The second-order valence-electron chi connectivity index (χ2n) is 5.86. The Morgan fingerprint density at radius 2 is 2.06 bits per heavy atom. The number of fused-ring (bicyclic) bond motifs is 2. The van der Waals surface area contributed by atoms with Crippen LogP contribution in [0, 0.1) is 0 Å². The standard InChI is InChI=1S/C12H21ClN2O2/c1-12(2,3)17-11(16)15-8-9-6-10(15)7-14(9)5-4-13/h9-10H,4-8H2,1-3H3. The number of halogens is 1. The molecular weight excluding hydrogens is 240 g/mol. The highest BCUT2D eigenvalue weighted by Gasteiger charge is 2.45. The maximum Gasteiger partial charge on any atom is 0.410 e. The van der Waals surface area contributed by atoms with Crippen molar-refractivity contribution in [2.45, 2.75) is 44.9 Å². The monoisotopic (exact) mass is 260 g/mol. The Balaban J connectivity index is 1.89. The van der Waals surface area contributed by atoms with Crippen molar-refractivity contribution in [1.82, 2.24) is 9.80 Å². The Kier molecular flexibility index (Phi) is 3.55. The molecule has 1 amide bonds. The smallest absolute Gasteiger partial charge is 0.410 e. The zero-order valence-electron chi connectivity index (χ0n) is 10.8. The van der Waals surface area contributed by atoms with E-state index in [4.69, 9.17) is 16.3 Å². The molecular formula is C12H21ClN2O2. The van der Waals surface area contributed by atoms with Gasteiger partial charge in [-0.05, 0) is 27.2 Å². The van der Waals surface area contributed by atoms with Gasteiger partial charge in [0.25, 0.3) is 0 Å². The molecule has 0 radical (unpaired) electrons. The lowest BCUT2D eigenvalue weighted by Gasteiger charge is -2.34. The van der Waals surface area contributed by atoms with Gasteiger partial charge >= 0.3 is 6.09 Å². The molecule has 0 spiro atoms. The van der Waals surface area contributed by atoms with Gasteiger partial charge in [-0.15, -0.1) is 11.6 Å². The van der Waals surface area contributed by atoms with Gasteiger partial charge in [-0.2, -0.15) is 0 Å². The van der Waals surface area contributed by atoms with Crippen molar-refractivity contribution in [3.63, 3.8) is 0 Å². The number of piperazine rings is 1. The molecule has 2 saturated heterocycles. The van der Waals surface area contributed by atoms with Gasteiger partial charge in [0, 0.05) is 37.6 Å². The van der Waals surface area contributed by atoms with Gasteiger partial charge in [0.1, 0.15) is 5.60 Å². The normalized spacial score (nSPS) is 28.8. The van der Waals surface area contributed by atoms with Gasteiger partial charge in [-0.3, -0.25) is 4.90 Å². The molecule has 2 aliphatic heterocycles. The second kappa shape index (κ2) is 4.65. The van der Waals surface area contributed by atoms with Gasteiger partial charge in [0.15, 0.2) is 0 Å². The number of ether oxygens (including phenoxy) is 1. The lowest BCUT2D eigenvalue weighted by molar-refractivity contribution is 0.0134. The average Bonchev–Trinajstić information content (AvgIpc) is 2.74. The summed E-state index contributed by atoms with van der Waals surface area (Å²) in [5.41, 5.74) is -0.408. The largest absolute Gasteiger partial charge is 0.444 e. The van der Waals surface area contributed by atoms with E-state index < -0.39 is 5.60 Å². The van der Waals surface area contributed by atoms with E-state index in [1.165, 1.54) is 0 Å². The SMILES string of the molecule is CC(C)(C)OC(=O)N1CC2CC1CN2CCCl. The third-order valence-corrected chi connectivity index (χ3v) is 3.52. The molecule has 98 valence electrons. The number of alkyl halides is 1. The number of likely N-dealkylation sites (tertiary alicyclic amines) is 2. The molecule has 0 saturated carbocycles. The predicted molar refractivity (Wildman–Crippen MR) is 67.4 cm³/mol. The first kappa shape index (κ1) is 13.0. The molecule has 4 nitrogen and oxygen atoms in total. The molecule has 2 bridgehead atoms. The predicted octanol–water partition coefficient (Wildman–Crippen LogP) is 1.92. The van der Waals surface area contributed by atoms with E-state index in [1.54, 1.807) is 0 Å². The Bertz CT molecular complexity index is 303. The van der Waals surface area contributed by atoms with E-state index in [9.17, 15) is 4.79 Å². The minimum absolute atomic E-state index is 0.171. The highest BCUT2D eigenvalue weighted by atomic mass is 35.5. The Morgan fingerprint density at radius 3 is 2.53 bits per heavy atom. The maximum absolute atomic E-state index is 12.0. The third kappa shape index (κ3) is 2.86. The lowest BCUT2D eigenvalue weighted by atomic mass is 10.2. The Hall–Kier alpha value is -0.480. The van der Waals surface area contributed by atoms with Crippen LogP contribution in [0.1, 0.15) is 27.2 Å². The summed E-state index contributed by atoms with van der Waals surface area (Å²) >= 11 is 5.76. The van der Waals surface area contributed by atoms with Crippen LogP contribution >= 0.6 is 11.6 Å². The van der Waals surface area contributed by atoms with Crippen LogP contribution in [0.25, 0.3) is 0 Å². The fourth-order valence-corrected chi connectivity index (χ4v) is 2.89. The Morgan fingerprint density at radius 1 is 1.35 bits per heavy atom. The van der Waals surface area contributed by atoms with Crippen molar-refractivity contribution in [2.75, 3.05) is 25.5 Å². The summed E-state index contributed by atoms with van der Waals surface area (Å²) < 4.78 is 5.41. The van der Waals surface area contributed by atoms with E-state index in [1.807, 2.05) is 25.7 Å². The van der Waals surface area contributed by atoms with Gasteiger partial charge in [-0.1, -0.05) is 0 Å². The van der Waals surface area contributed by atoms with Crippen molar-refractivity contribution in [2.24, 2.45) is 0 Å². The molecule has 0 aromatic rings. The highest BCUT2D eigenvalue weighted by molar-refractivity contribution is 6.18. The fourth-order valence-electron chi connectivity index (χ4n) is 2.68. The molecule has 2 aliphatic rings. The fraction of sp³-hybridized carbons (Fsp3) is 0.917. The van der Waals surface area contributed by atoms with Crippen molar-refractivity contribution < 1.29 is 9.53 Å². The van der Waals surface area contributed by atoms with Crippen LogP contribution in [0.15, 0.2) is 0 Å². The molecule has 2 heterocycles. The van der Waals surface area contributed by atoms with Gasteiger partial charge in [0.05, 0.1) is 0 Å². The minimum Gasteiger partial charge on any atom is -0.444 e. The highest BCUT2D eigenvalue weighted by Crippen LogP contribution is 2.31. The van der Waals surface area contributed by atoms with Crippen molar-refractivity contribution >= 4 is 17.7 Å². The molecule has 0 aromatic heterocycles. The van der Waals surface area contributed by atoms with E-state index in [0.717, 1.165) is 26.1 Å². The molecule has 17 heavy (non-hydrogen) atoms. The van der Waals surface area contributed by atoms with Crippen LogP contribution in [0.3, 0.4) is 0 Å². The first-order chi connectivity index (χ1) is 7.90. The second-order valence-corrected chi connectivity index (χ2v) is 6.24. The molecule has 0 aromatic carbocycles. The van der Waals surface area contributed by atoms with Crippen LogP contribution in [-0.4, -0.2) is 59.1 Å². The number of hydrogen-bond acceptors (Lipinski definition) is 3. The molecule has 2 atom stereocenters. The van der Waals surface area contributed by atoms with Crippen molar-refractivity contribution in [3.05, 3.63) is 0 Å². The van der Waals surface area contributed by atoms with Gasteiger partial charge < -0.3 is 9.64 Å². The van der Waals surface area contributed by atoms with Gasteiger partial charge in [-0.25, -0.2) is 4.79 Å². The quantitative estimate of drug-likeness (QED) is 0.711. The van der Waals surface area contributed by atoms with Crippen molar-refractivity contribution in [3.8, 4) is 0 Å². The summed E-state index contributed by atoms with van der Waals surface area (Å²) in [4.78, 5) is 16.2. The zero-order chi connectivity index (χ0) is 12.6. The van der Waals surface area contributed by atoms with Crippen molar-refractivity contribution in [1.29, 1.82) is 0 Å². The summed E-state index contributed by atoms with van der Waals surface area (Å²) in [7, 11) is 0. The topological polar surface area (TPSA) is 32.8 Å². The summed E-state index contributed by atoms with van der Waals surface area (Å²) in [5.74, 6) is 0.662. The van der Waals surface area contributed by atoms with Crippen LogP contribution < -0.4 is 0 Å². The summed E-state index contributed by atoms with van der Waals surface area (Å²) in [6.45, 7) is 8.36. The summed E-state index contributed by atoms with van der Waals surface area (Å²) in [6.07, 6.45) is 0.895. The molecule has 0 aliphatic carbocycles. The first-order valence-corrected chi connectivity index (χ1v) is 6.74. The molecule has 2 fully saturated rings. The van der Waals surface area contributed by atoms with Crippen LogP contribution in [0.2, 0.25) is 0 Å². The number of nitrogens with zero attached hydrogens (tertiary/aromatic N) is 2. The molecule has 2 rings (SSSR count). The van der Waals surface area contributed by atoms with Crippen LogP contribution in [0.4, 0.5) is 4.79 Å². The maximum atomic E-state index is 12.0. The van der Waals surface area contributed by atoms with Gasteiger partial charge in [0.2, 0.25) is 0 Å². The minimum atomic E-state index is -0.408. The third-order valence-electron chi connectivity index (χ3n) is 3.35. The average molecular weight is 261 g/mol.